The highest BCUT2D eigenvalue weighted by atomic mass is 79.9. The lowest BCUT2D eigenvalue weighted by molar-refractivity contribution is 0.124. The largest absolute Gasteiger partial charge is 0.300 e. The average molecular weight is 260 g/mol. The van der Waals surface area contributed by atoms with Gasteiger partial charge in [0, 0.05) is 17.9 Å². The molecule has 2 aliphatic rings. The van der Waals surface area contributed by atoms with Crippen LogP contribution in [0.1, 0.15) is 44.9 Å². The van der Waals surface area contributed by atoms with Crippen molar-refractivity contribution < 1.29 is 0 Å². The summed E-state index contributed by atoms with van der Waals surface area (Å²) in [6, 6.07) is 0.952. The summed E-state index contributed by atoms with van der Waals surface area (Å²) in [7, 11) is 0. The molecule has 2 heteroatoms. The van der Waals surface area contributed by atoms with E-state index in [1.165, 1.54) is 63.4 Å². The molecule has 0 N–H and O–H groups in total. The molecule has 1 unspecified atom stereocenters. The maximum Gasteiger partial charge on any atom is 0.00953 e. The quantitative estimate of drug-likeness (QED) is 0.703. The second-order valence-electron chi connectivity index (χ2n) is 4.92. The Labute approximate surface area is 96.4 Å². The number of piperidine rings is 1. The van der Waals surface area contributed by atoms with Crippen molar-refractivity contribution in [2.75, 3.05) is 18.4 Å². The van der Waals surface area contributed by atoms with E-state index < -0.39 is 0 Å². The Morgan fingerprint density at radius 2 is 1.86 bits per heavy atom. The van der Waals surface area contributed by atoms with Gasteiger partial charge in [0.1, 0.15) is 0 Å². The van der Waals surface area contributed by atoms with E-state index in [2.05, 4.69) is 20.8 Å². The fourth-order valence-corrected chi connectivity index (χ4v) is 3.74. The third kappa shape index (κ3) is 2.73. The van der Waals surface area contributed by atoms with Crippen LogP contribution in [0.5, 0.6) is 0 Å². The Balaban J connectivity index is 1.80. The van der Waals surface area contributed by atoms with Crippen molar-refractivity contribution >= 4 is 15.9 Å². The summed E-state index contributed by atoms with van der Waals surface area (Å²) in [6.45, 7) is 2.76. The molecule has 0 bridgehead atoms. The van der Waals surface area contributed by atoms with E-state index in [0.717, 1.165) is 12.0 Å². The van der Waals surface area contributed by atoms with Gasteiger partial charge in [-0.2, -0.15) is 0 Å². The molecule has 2 rings (SSSR count). The van der Waals surface area contributed by atoms with Crippen molar-refractivity contribution in [3.8, 4) is 0 Å². The molecule has 1 heterocycles. The van der Waals surface area contributed by atoms with Gasteiger partial charge in [0.25, 0.3) is 0 Å². The number of alkyl halides is 1. The Morgan fingerprint density at radius 3 is 2.57 bits per heavy atom. The predicted octanol–water partition coefficient (Wildman–Crippen LogP) is 3.43. The van der Waals surface area contributed by atoms with Crippen LogP contribution in [-0.2, 0) is 0 Å². The van der Waals surface area contributed by atoms with Crippen LogP contribution in [0.3, 0.4) is 0 Å². The van der Waals surface area contributed by atoms with Gasteiger partial charge in [-0.3, -0.25) is 0 Å². The van der Waals surface area contributed by atoms with Crippen molar-refractivity contribution in [3.05, 3.63) is 0 Å². The lowest BCUT2D eigenvalue weighted by atomic mass is 9.94. The number of halogens is 1. The Bertz CT molecular complexity index is 164. The second kappa shape index (κ2) is 5.50. The smallest absolute Gasteiger partial charge is 0.00953 e. The maximum atomic E-state index is 3.57. The van der Waals surface area contributed by atoms with E-state index in [1.54, 1.807) is 0 Å². The molecule has 0 amide bonds. The van der Waals surface area contributed by atoms with E-state index in [9.17, 15) is 0 Å². The Kier molecular flexibility index (Phi) is 4.30. The standard InChI is InChI=1S/C12H22BrN/c13-8-7-11-4-3-9-14(10-11)12-5-1-2-6-12/h11-12H,1-10H2. The van der Waals surface area contributed by atoms with E-state index >= 15 is 0 Å². The summed E-state index contributed by atoms with van der Waals surface area (Å²) in [4.78, 5) is 2.78. The lowest BCUT2D eigenvalue weighted by Gasteiger charge is -2.36. The average Bonchev–Trinajstić information content (AvgIpc) is 2.71. The molecule has 1 saturated heterocycles. The summed E-state index contributed by atoms with van der Waals surface area (Å²) in [5, 5.41) is 1.19. The first kappa shape index (κ1) is 10.9. The van der Waals surface area contributed by atoms with Crippen molar-refractivity contribution in [1.82, 2.24) is 4.90 Å². The third-order valence-electron chi connectivity index (χ3n) is 3.91. The first-order chi connectivity index (χ1) is 6.90. The number of rotatable bonds is 3. The van der Waals surface area contributed by atoms with Crippen LogP contribution in [0.25, 0.3) is 0 Å². The Hall–Kier alpha value is 0.440. The molecule has 1 saturated carbocycles. The van der Waals surface area contributed by atoms with Gasteiger partial charge in [-0.25, -0.2) is 0 Å². The summed E-state index contributed by atoms with van der Waals surface area (Å²) < 4.78 is 0. The fraction of sp³-hybridized carbons (Fsp3) is 1.00. The Morgan fingerprint density at radius 1 is 1.07 bits per heavy atom. The SMILES string of the molecule is BrCCC1CCCN(C2CCCC2)C1. The molecule has 82 valence electrons. The van der Waals surface area contributed by atoms with Crippen LogP contribution in [0.4, 0.5) is 0 Å². The lowest BCUT2D eigenvalue weighted by Crippen LogP contribution is -2.41. The van der Waals surface area contributed by atoms with Gasteiger partial charge in [-0.15, -0.1) is 0 Å². The topological polar surface area (TPSA) is 3.24 Å². The van der Waals surface area contributed by atoms with Gasteiger partial charge in [-0.1, -0.05) is 28.8 Å². The first-order valence-corrected chi connectivity index (χ1v) is 7.32. The van der Waals surface area contributed by atoms with E-state index in [0.29, 0.717) is 0 Å². The van der Waals surface area contributed by atoms with Crippen LogP contribution < -0.4 is 0 Å². The van der Waals surface area contributed by atoms with Crippen LogP contribution in [-0.4, -0.2) is 29.4 Å². The highest BCUT2D eigenvalue weighted by Crippen LogP contribution is 2.29. The molecule has 0 radical (unpaired) electrons. The minimum atomic E-state index is 0.952. The van der Waals surface area contributed by atoms with Crippen LogP contribution >= 0.6 is 15.9 Å². The zero-order valence-corrected chi connectivity index (χ0v) is 10.6. The third-order valence-corrected chi connectivity index (χ3v) is 4.37. The van der Waals surface area contributed by atoms with Gasteiger partial charge < -0.3 is 4.90 Å². The monoisotopic (exact) mass is 259 g/mol. The van der Waals surface area contributed by atoms with Crippen LogP contribution in [0.2, 0.25) is 0 Å². The van der Waals surface area contributed by atoms with Crippen molar-refractivity contribution in [1.29, 1.82) is 0 Å². The summed E-state index contributed by atoms with van der Waals surface area (Å²) in [5.41, 5.74) is 0. The second-order valence-corrected chi connectivity index (χ2v) is 5.71. The van der Waals surface area contributed by atoms with Crippen LogP contribution in [0, 0.1) is 5.92 Å². The maximum absolute atomic E-state index is 3.57. The van der Waals surface area contributed by atoms with Gasteiger partial charge in [0.2, 0.25) is 0 Å². The predicted molar refractivity (Wildman–Crippen MR) is 65.0 cm³/mol. The molecule has 1 aliphatic carbocycles. The molecule has 2 fully saturated rings. The minimum absolute atomic E-state index is 0.952. The summed E-state index contributed by atoms with van der Waals surface area (Å²) in [5.74, 6) is 0.976. The van der Waals surface area contributed by atoms with E-state index in [1.807, 2.05) is 0 Å². The first-order valence-electron chi connectivity index (χ1n) is 6.20. The molecule has 0 aromatic heterocycles. The van der Waals surface area contributed by atoms with Crippen molar-refractivity contribution in [3.63, 3.8) is 0 Å². The molecule has 0 aromatic carbocycles. The van der Waals surface area contributed by atoms with Gasteiger partial charge in [-0.05, 0) is 44.6 Å². The molecule has 14 heavy (non-hydrogen) atoms. The zero-order chi connectivity index (χ0) is 9.80. The normalized spacial score (nSPS) is 31.1. The fourth-order valence-electron chi connectivity index (χ4n) is 3.09. The van der Waals surface area contributed by atoms with Gasteiger partial charge in [0.15, 0.2) is 0 Å². The molecule has 0 spiro atoms. The number of hydrogen-bond acceptors (Lipinski definition) is 1. The highest BCUT2D eigenvalue weighted by Gasteiger charge is 2.27. The summed E-state index contributed by atoms with van der Waals surface area (Å²) >= 11 is 3.57. The van der Waals surface area contributed by atoms with Crippen LogP contribution in [0.15, 0.2) is 0 Å². The van der Waals surface area contributed by atoms with E-state index in [-0.39, 0.29) is 0 Å². The molecular weight excluding hydrogens is 238 g/mol. The van der Waals surface area contributed by atoms with Gasteiger partial charge in [0.05, 0.1) is 0 Å². The molecular formula is C12H22BrN. The molecule has 1 nitrogen and oxygen atoms in total. The minimum Gasteiger partial charge on any atom is -0.300 e. The van der Waals surface area contributed by atoms with Gasteiger partial charge >= 0.3 is 0 Å². The number of nitrogens with zero attached hydrogens (tertiary/aromatic N) is 1. The van der Waals surface area contributed by atoms with Crippen molar-refractivity contribution in [2.45, 2.75) is 51.0 Å². The number of hydrogen-bond donors (Lipinski definition) is 0. The zero-order valence-electron chi connectivity index (χ0n) is 9.05. The van der Waals surface area contributed by atoms with Crippen molar-refractivity contribution in [2.24, 2.45) is 5.92 Å². The van der Waals surface area contributed by atoms with E-state index in [4.69, 9.17) is 0 Å². The summed E-state index contributed by atoms with van der Waals surface area (Å²) in [6.07, 6.45) is 10.2. The molecule has 0 aromatic rings. The molecule has 1 aliphatic heterocycles. The highest BCUT2D eigenvalue weighted by molar-refractivity contribution is 9.09. The molecule has 1 atom stereocenters. The number of likely N-dealkylation sites (tertiary alicyclic amines) is 1.